The van der Waals surface area contributed by atoms with Gasteiger partial charge in [0.25, 0.3) is 5.91 Å². The standard InChI is InChI=1S/C29H27F2N3O2/c1-19(2)27-24(18-33(22-15-16-22)28(35)20-9-8-10-21(30)17-20)29(36-26-14-7-6-13-25(26)31)34(32-27)23-11-4-3-5-12-23/h3-14,17,19,22H,15-16,18H2,1-2H3. The fraction of sp³-hybridized carbons (Fsp3) is 0.241. The van der Waals surface area contributed by atoms with E-state index in [-0.39, 0.29) is 30.2 Å². The number of benzene rings is 3. The molecular formula is C29H27F2N3O2. The minimum atomic E-state index is -0.495. The van der Waals surface area contributed by atoms with E-state index >= 15 is 0 Å². The van der Waals surface area contributed by atoms with Gasteiger partial charge in [0.2, 0.25) is 5.88 Å². The predicted molar refractivity (Wildman–Crippen MR) is 133 cm³/mol. The van der Waals surface area contributed by atoms with Crippen molar-refractivity contribution in [3.05, 3.63) is 107 Å². The van der Waals surface area contributed by atoms with Gasteiger partial charge in [-0.25, -0.2) is 13.5 Å². The number of nitrogens with zero attached hydrogens (tertiary/aromatic N) is 3. The Kier molecular flexibility index (Phi) is 6.55. The van der Waals surface area contributed by atoms with Gasteiger partial charge < -0.3 is 9.64 Å². The Hall–Kier alpha value is -4.00. The van der Waals surface area contributed by atoms with Crippen LogP contribution in [0.4, 0.5) is 8.78 Å². The first-order chi connectivity index (χ1) is 17.4. The molecule has 0 atom stereocenters. The molecule has 1 fully saturated rings. The summed E-state index contributed by atoms with van der Waals surface area (Å²) in [5, 5.41) is 4.86. The average Bonchev–Trinajstić information content (AvgIpc) is 3.66. The molecular weight excluding hydrogens is 460 g/mol. The molecule has 0 N–H and O–H groups in total. The molecule has 1 aromatic heterocycles. The number of hydrogen-bond acceptors (Lipinski definition) is 3. The first-order valence-corrected chi connectivity index (χ1v) is 12.1. The molecule has 0 radical (unpaired) electrons. The van der Waals surface area contributed by atoms with Gasteiger partial charge >= 0.3 is 0 Å². The molecule has 7 heteroatoms. The normalized spacial score (nSPS) is 13.1. The van der Waals surface area contributed by atoms with Crippen molar-refractivity contribution in [2.75, 3.05) is 0 Å². The molecule has 0 aliphatic heterocycles. The molecule has 4 aromatic rings. The van der Waals surface area contributed by atoms with Crippen molar-refractivity contribution in [1.82, 2.24) is 14.7 Å². The minimum absolute atomic E-state index is 0.0123. The van der Waals surface area contributed by atoms with Crippen molar-refractivity contribution in [3.63, 3.8) is 0 Å². The third-order valence-electron chi connectivity index (χ3n) is 6.21. The lowest BCUT2D eigenvalue weighted by Gasteiger charge is -2.24. The first-order valence-electron chi connectivity index (χ1n) is 12.1. The van der Waals surface area contributed by atoms with Crippen LogP contribution in [0.2, 0.25) is 0 Å². The molecule has 5 nitrogen and oxygen atoms in total. The highest BCUT2D eigenvalue weighted by molar-refractivity contribution is 5.94. The van der Waals surface area contributed by atoms with E-state index in [9.17, 15) is 13.6 Å². The topological polar surface area (TPSA) is 47.4 Å². The zero-order chi connectivity index (χ0) is 25.2. The highest BCUT2D eigenvalue weighted by Gasteiger charge is 2.36. The largest absolute Gasteiger partial charge is 0.435 e. The molecule has 36 heavy (non-hydrogen) atoms. The predicted octanol–water partition coefficient (Wildman–Crippen LogP) is 6.87. The third-order valence-corrected chi connectivity index (χ3v) is 6.21. The number of aromatic nitrogens is 2. The molecule has 1 saturated carbocycles. The molecule has 0 spiro atoms. The summed E-state index contributed by atoms with van der Waals surface area (Å²) in [6.07, 6.45) is 1.74. The quantitative estimate of drug-likeness (QED) is 0.272. The highest BCUT2D eigenvalue weighted by Crippen LogP contribution is 2.38. The minimum Gasteiger partial charge on any atom is -0.435 e. The van der Waals surface area contributed by atoms with Crippen LogP contribution in [0.1, 0.15) is 54.2 Å². The van der Waals surface area contributed by atoms with E-state index in [1.807, 2.05) is 44.2 Å². The average molecular weight is 488 g/mol. The Labute approximate surface area is 208 Å². The van der Waals surface area contributed by atoms with Crippen LogP contribution >= 0.6 is 0 Å². The summed E-state index contributed by atoms with van der Waals surface area (Å²) in [4.78, 5) is 15.2. The van der Waals surface area contributed by atoms with E-state index in [1.54, 1.807) is 33.8 Å². The summed E-state index contributed by atoms with van der Waals surface area (Å²) in [5.74, 6) is -0.771. The molecule has 1 heterocycles. The van der Waals surface area contributed by atoms with E-state index in [4.69, 9.17) is 9.84 Å². The Morgan fingerprint density at radius 1 is 1.03 bits per heavy atom. The lowest BCUT2D eigenvalue weighted by Crippen LogP contribution is -2.33. The number of ether oxygens (including phenoxy) is 1. The molecule has 5 rings (SSSR count). The molecule has 1 aliphatic rings. The van der Waals surface area contributed by atoms with Gasteiger partial charge in [-0.15, -0.1) is 0 Å². The Morgan fingerprint density at radius 2 is 1.75 bits per heavy atom. The SMILES string of the molecule is CC(C)c1nn(-c2ccccc2)c(Oc2ccccc2F)c1CN(C(=O)c1cccc(F)c1)C1CC1. The summed E-state index contributed by atoms with van der Waals surface area (Å²) < 4.78 is 36.4. The highest BCUT2D eigenvalue weighted by atomic mass is 19.1. The van der Waals surface area contributed by atoms with E-state index in [1.165, 1.54) is 24.3 Å². The van der Waals surface area contributed by atoms with Crippen LogP contribution in [0.15, 0.2) is 78.9 Å². The van der Waals surface area contributed by atoms with E-state index in [2.05, 4.69) is 0 Å². The zero-order valence-corrected chi connectivity index (χ0v) is 20.2. The molecule has 1 aliphatic carbocycles. The Balaban J connectivity index is 1.62. The molecule has 1 amide bonds. The van der Waals surface area contributed by atoms with Gasteiger partial charge in [0.1, 0.15) is 5.82 Å². The van der Waals surface area contributed by atoms with Crippen molar-refractivity contribution >= 4 is 5.91 Å². The van der Waals surface area contributed by atoms with Crippen LogP contribution < -0.4 is 4.74 Å². The second kappa shape index (κ2) is 9.93. The van der Waals surface area contributed by atoms with Crippen molar-refractivity contribution < 1.29 is 18.3 Å². The van der Waals surface area contributed by atoms with Crippen LogP contribution in [0.5, 0.6) is 11.6 Å². The summed E-state index contributed by atoms with van der Waals surface area (Å²) in [7, 11) is 0. The van der Waals surface area contributed by atoms with Gasteiger partial charge in [0.05, 0.1) is 23.5 Å². The van der Waals surface area contributed by atoms with E-state index in [0.29, 0.717) is 17.0 Å². The zero-order valence-electron chi connectivity index (χ0n) is 20.2. The second-order valence-corrected chi connectivity index (χ2v) is 9.28. The van der Waals surface area contributed by atoms with Crippen LogP contribution in [-0.2, 0) is 6.54 Å². The van der Waals surface area contributed by atoms with Gasteiger partial charge in [0, 0.05) is 11.6 Å². The maximum absolute atomic E-state index is 14.6. The number of halogens is 2. The van der Waals surface area contributed by atoms with Gasteiger partial charge in [-0.05, 0) is 61.2 Å². The van der Waals surface area contributed by atoms with Crippen molar-refractivity contribution in [3.8, 4) is 17.3 Å². The summed E-state index contributed by atoms with van der Waals surface area (Å²) in [6, 6.07) is 21.5. The number of para-hydroxylation sites is 2. The monoisotopic (exact) mass is 487 g/mol. The second-order valence-electron chi connectivity index (χ2n) is 9.28. The van der Waals surface area contributed by atoms with Crippen LogP contribution in [0.25, 0.3) is 5.69 Å². The maximum atomic E-state index is 14.6. The van der Waals surface area contributed by atoms with E-state index < -0.39 is 11.6 Å². The van der Waals surface area contributed by atoms with Gasteiger partial charge in [-0.2, -0.15) is 5.10 Å². The van der Waals surface area contributed by atoms with Crippen LogP contribution in [-0.4, -0.2) is 26.6 Å². The van der Waals surface area contributed by atoms with E-state index in [0.717, 1.165) is 24.2 Å². The number of amides is 1. The lowest BCUT2D eigenvalue weighted by molar-refractivity contribution is 0.0728. The Morgan fingerprint density at radius 3 is 2.42 bits per heavy atom. The van der Waals surface area contributed by atoms with Crippen LogP contribution in [0, 0.1) is 11.6 Å². The lowest BCUT2D eigenvalue weighted by atomic mass is 10.0. The fourth-order valence-electron chi connectivity index (χ4n) is 4.25. The first kappa shape index (κ1) is 23.7. The molecule has 3 aromatic carbocycles. The number of carbonyl (C=O) groups excluding carboxylic acids is 1. The maximum Gasteiger partial charge on any atom is 0.254 e. The van der Waals surface area contributed by atoms with Gasteiger partial charge in [-0.3, -0.25) is 4.79 Å². The Bertz CT molecular complexity index is 1380. The van der Waals surface area contributed by atoms with Crippen molar-refractivity contribution in [2.24, 2.45) is 0 Å². The summed E-state index contributed by atoms with van der Waals surface area (Å²) in [5.41, 5.74) is 2.50. The number of hydrogen-bond donors (Lipinski definition) is 0. The smallest absolute Gasteiger partial charge is 0.254 e. The van der Waals surface area contributed by atoms with Gasteiger partial charge in [-0.1, -0.05) is 50.2 Å². The van der Waals surface area contributed by atoms with Crippen LogP contribution in [0.3, 0.4) is 0 Å². The third kappa shape index (κ3) is 4.87. The molecule has 184 valence electrons. The molecule has 0 saturated heterocycles. The number of carbonyl (C=O) groups is 1. The van der Waals surface area contributed by atoms with Crippen molar-refractivity contribution in [1.29, 1.82) is 0 Å². The van der Waals surface area contributed by atoms with Gasteiger partial charge in [0.15, 0.2) is 11.6 Å². The number of rotatable bonds is 8. The van der Waals surface area contributed by atoms with Crippen molar-refractivity contribution in [2.45, 2.75) is 45.2 Å². The molecule has 0 unspecified atom stereocenters. The summed E-state index contributed by atoms with van der Waals surface area (Å²) in [6.45, 7) is 4.25. The fourth-order valence-corrected chi connectivity index (χ4v) is 4.25. The molecule has 0 bridgehead atoms. The summed E-state index contributed by atoms with van der Waals surface area (Å²) >= 11 is 0.